The van der Waals surface area contributed by atoms with Crippen LogP contribution in [0.1, 0.15) is 74.9 Å². The van der Waals surface area contributed by atoms with Crippen LogP contribution < -0.4 is 0 Å². The van der Waals surface area contributed by atoms with Gasteiger partial charge in [0.15, 0.2) is 0 Å². The van der Waals surface area contributed by atoms with Crippen molar-refractivity contribution in [1.29, 1.82) is 0 Å². The van der Waals surface area contributed by atoms with Crippen LogP contribution in [0.2, 0.25) is 0 Å². The summed E-state index contributed by atoms with van der Waals surface area (Å²) in [5, 5.41) is 0. The van der Waals surface area contributed by atoms with E-state index < -0.39 is 0 Å². The normalized spacial score (nSPS) is 11.1. The summed E-state index contributed by atoms with van der Waals surface area (Å²) in [6, 6.07) is 9.71. The Labute approximate surface area is 159 Å². The van der Waals surface area contributed by atoms with Gasteiger partial charge in [-0.2, -0.15) is 0 Å². The highest BCUT2D eigenvalue weighted by Crippen LogP contribution is 2.38. The van der Waals surface area contributed by atoms with E-state index in [1.165, 1.54) is 32.0 Å². The molecule has 0 amide bonds. The van der Waals surface area contributed by atoms with Gasteiger partial charge in [-0.05, 0) is 84.0 Å². The molecule has 0 N–H and O–H groups in total. The molecule has 25 heavy (non-hydrogen) atoms. The number of benzene rings is 2. The van der Waals surface area contributed by atoms with Crippen LogP contribution in [0.3, 0.4) is 0 Å². The van der Waals surface area contributed by atoms with Gasteiger partial charge in [0.2, 0.25) is 0 Å². The van der Waals surface area contributed by atoms with Crippen LogP contribution in [0.25, 0.3) is 0 Å². The largest absolute Gasteiger partial charge is 0.0895 e. The van der Waals surface area contributed by atoms with Crippen LogP contribution >= 0.6 is 11.8 Å². The Morgan fingerprint density at radius 1 is 0.520 bits per heavy atom. The summed E-state index contributed by atoms with van der Waals surface area (Å²) in [5.74, 6) is 0. The molecule has 0 saturated carbocycles. The number of hydrogen-bond acceptors (Lipinski definition) is 1. The molecule has 0 fully saturated rings. The standard InChI is InChI=1S/C24H34S/c1-7-17-13-19(9-3)21(11-5)23(15-17)25-24-16-18(8-2)14-20(10-4)22(24)12-6/h13-16H,7-12H2,1-6H3. The minimum absolute atomic E-state index is 1.11. The number of aryl methyl sites for hydroxylation is 4. The van der Waals surface area contributed by atoms with Gasteiger partial charge in [-0.25, -0.2) is 0 Å². The predicted molar refractivity (Wildman–Crippen MR) is 113 cm³/mol. The fourth-order valence-electron chi connectivity index (χ4n) is 3.67. The Morgan fingerprint density at radius 3 is 1.20 bits per heavy atom. The maximum atomic E-state index is 2.44. The highest BCUT2D eigenvalue weighted by atomic mass is 32.2. The van der Waals surface area contributed by atoms with E-state index in [-0.39, 0.29) is 0 Å². The second-order valence-corrected chi connectivity index (χ2v) is 7.77. The van der Waals surface area contributed by atoms with Crippen molar-refractivity contribution in [2.45, 2.75) is 89.9 Å². The molecular formula is C24H34S. The predicted octanol–water partition coefficient (Wildman–Crippen LogP) is 7.21. The SMILES string of the molecule is CCc1cc(CC)c(CC)c(Sc2cc(CC)cc(CC)c2CC)c1. The average Bonchev–Trinajstić information content (AvgIpc) is 2.66. The van der Waals surface area contributed by atoms with Crippen LogP contribution in [-0.4, -0.2) is 0 Å². The van der Waals surface area contributed by atoms with Crippen molar-refractivity contribution in [3.8, 4) is 0 Å². The highest BCUT2D eigenvalue weighted by Gasteiger charge is 2.14. The molecule has 136 valence electrons. The van der Waals surface area contributed by atoms with E-state index in [0.717, 1.165) is 38.5 Å². The van der Waals surface area contributed by atoms with E-state index in [1.807, 2.05) is 11.8 Å². The van der Waals surface area contributed by atoms with Gasteiger partial charge in [0, 0.05) is 9.79 Å². The molecule has 2 rings (SSSR count). The second kappa shape index (κ2) is 9.48. The van der Waals surface area contributed by atoms with Gasteiger partial charge in [-0.1, -0.05) is 65.4 Å². The minimum Gasteiger partial charge on any atom is -0.0895 e. The topological polar surface area (TPSA) is 0 Å². The molecule has 0 aliphatic heterocycles. The summed E-state index contributed by atoms with van der Waals surface area (Å²) >= 11 is 2.01. The maximum Gasteiger partial charge on any atom is 0.0159 e. The zero-order chi connectivity index (χ0) is 18.4. The van der Waals surface area contributed by atoms with Crippen molar-refractivity contribution in [2.24, 2.45) is 0 Å². The first kappa shape index (κ1) is 20.1. The third-order valence-electron chi connectivity index (χ3n) is 5.23. The van der Waals surface area contributed by atoms with Crippen LogP contribution in [0.15, 0.2) is 34.1 Å². The molecule has 0 atom stereocenters. The van der Waals surface area contributed by atoms with E-state index in [4.69, 9.17) is 0 Å². The average molecular weight is 355 g/mol. The zero-order valence-corrected chi connectivity index (χ0v) is 17.8. The molecule has 0 aliphatic rings. The monoisotopic (exact) mass is 354 g/mol. The Kier molecular flexibility index (Phi) is 7.62. The quantitative estimate of drug-likeness (QED) is 0.482. The van der Waals surface area contributed by atoms with Crippen LogP contribution in [-0.2, 0) is 38.5 Å². The molecule has 2 aromatic carbocycles. The summed E-state index contributed by atoms with van der Waals surface area (Å²) in [5.41, 5.74) is 9.10. The molecule has 0 saturated heterocycles. The Balaban J connectivity index is 2.59. The molecule has 1 heteroatoms. The molecule has 0 aliphatic carbocycles. The van der Waals surface area contributed by atoms with E-state index in [2.05, 4.69) is 65.8 Å². The zero-order valence-electron chi connectivity index (χ0n) is 17.0. The summed E-state index contributed by atoms with van der Waals surface area (Å²) in [6.07, 6.45) is 6.71. The van der Waals surface area contributed by atoms with Gasteiger partial charge >= 0.3 is 0 Å². The Bertz CT molecular complexity index is 651. The van der Waals surface area contributed by atoms with Gasteiger partial charge < -0.3 is 0 Å². The van der Waals surface area contributed by atoms with Gasteiger partial charge in [-0.15, -0.1) is 0 Å². The molecule has 0 spiro atoms. The van der Waals surface area contributed by atoms with Crippen molar-refractivity contribution in [3.63, 3.8) is 0 Å². The van der Waals surface area contributed by atoms with Crippen molar-refractivity contribution in [3.05, 3.63) is 57.6 Å². The van der Waals surface area contributed by atoms with E-state index in [9.17, 15) is 0 Å². The van der Waals surface area contributed by atoms with E-state index >= 15 is 0 Å². The molecular weight excluding hydrogens is 320 g/mol. The van der Waals surface area contributed by atoms with E-state index in [1.54, 1.807) is 11.1 Å². The first-order chi connectivity index (χ1) is 12.1. The molecule has 0 unspecified atom stereocenters. The number of hydrogen-bond donors (Lipinski definition) is 0. The molecule has 0 nitrogen and oxygen atoms in total. The third-order valence-corrected chi connectivity index (χ3v) is 6.40. The Hall–Kier alpha value is -1.21. The van der Waals surface area contributed by atoms with E-state index in [0.29, 0.717) is 0 Å². The van der Waals surface area contributed by atoms with Gasteiger partial charge in [0.05, 0.1) is 0 Å². The lowest BCUT2D eigenvalue weighted by Crippen LogP contribution is -2.00. The number of rotatable bonds is 8. The van der Waals surface area contributed by atoms with Crippen molar-refractivity contribution < 1.29 is 0 Å². The maximum absolute atomic E-state index is 2.44. The second-order valence-electron chi connectivity index (χ2n) is 6.69. The smallest absolute Gasteiger partial charge is 0.0159 e. The summed E-state index contributed by atoms with van der Waals surface area (Å²) in [4.78, 5) is 2.95. The van der Waals surface area contributed by atoms with Gasteiger partial charge in [-0.3, -0.25) is 0 Å². The minimum atomic E-state index is 1.11. The first-order valence-corrected chi connectivity index (χ1v) is 10.9. The lowest BCUT2D eigenvalue weighted by Gasteiger charge is -2.18. The summed E-state index contributed by atoms with van der Waals surface area (Å²) < 4.78 is 0. The Morgan fingerprint density at radius 2 is 0.920 bits per heavy atom. The fourth-order valence-corrected chi connectivity index (χ4v) is 5.13. The lowest BCUT2D eigenvalue weighted by molar-refractivity contribution is 0.963. The summed E-state index contributed by atoms with van der Waals surface area (Å²) in [6.45, 7) is 13.7. The van der Waals surface area contributed by atoms with Crippen LogP contribution in [0.5, 0.6) is 0 Å². The fraction of sp³-hybridized carbons (Fsp3) is 0.500. The molecule has 2 aromatic rings. The van der Waals surface area contributed by atoms with Crippen LogP contribution in [0.4, 0.5) is 0 Å². The van der Waals surface area contributed by atoms with Crippen molar-refractivity contribution >= 4 is 11.8 Å². The summed E-state index contributed by atoms with van der Waals surface area (Å²) in [7, 11) is 0. The van der Waals surface area contributed by atoms with Crippen molar-refractivity contribution in [2.75, 3.05) is 0 Å². The van der Waals surface area contributed by atoms with Crippen LogP contribution in [0, 0.1) is 0 Å². The first-order valence-electron chi connectivity index (χ1n) is 10.1. The molecule has 0 radical (unpaired) electrons. The third kappa shape index (κ3) is 4.50. The van der Waals surface area contributed by atoms with Crippen molar-refractivity contribution in [1.82, 2.24) is 0 Å². The van der Waals surface area contributed by atoms with Gasteiger partial charge in [0.1, 0.15) is 0 Å². The molecule has 0 aromatic heterocycles. The highest BCUT2D eigenvalue weighted by molar-refractivity contribution is 7.99. The molecule has 0 heterocycles. The van der Waals surface area contributed by atoms with Gasteiger partial charge in [0.25, 0.3) is 0 Å². The lowest BCUT2D eigenvalue weighted by atomic mass is 9.98. The molecule has 0 bridgehead atoms.